The molecular weight excluding hydrogens is 320 g/mol. The maximum Gasteiger partial charge on any atom is 0.0995 e. The monoisotopic (exact) mass is 356 g/mol. The van der Waals surface area contributed by atoms with Crippen LogP contribution in [0.5, 0.6) is 0 Å². The van der Waals surface area contributed by atoms with Gasteiger partial charge >= 0.3 is 0 Å². The van der Waals surface area contributed by atoms with E-state index in [9.17, 15) is 5.26 Å². The highest BCUT2D eigenvalue weighted by Crippen LogP contribution is 2.26. The molecule has 0 aromatic heterocycles. The van der Waals surface area contributed by atoms with Crippen LogP contribution >= 0.6 is 0 Å². The highest BCUT2D eigenvalue weighted by molar-refractivity contribution is 5.53. The predicted octanol–water partition coefficient (Wildman–Crippen LogP) is 4.30. The number of rotatable bonds is 9. The normalized spacial score (nSPS) is 21.4. The minimum absolute atomic E-state index is 0.463. The molecule has 1 aromatic carbocycles. The van der Waals surface area contributed by atoms with Crippen LogP contribution < -0.4 is 10.6 Å². The molecule has 3 atom stereocenters. The Bertz CT molecular complexity index is 592. The Morgan fingerprint density at radius 3 is 2.81 bits per heavy atom. The minimum atomic E-state index is 0.463. The summed E-state index contributed by atoms with van der Waals surface area (Å²) in [5.74, 6) is 0. The van der Waals surface area contributed by atoms with Crippen molar-refractivity contribution in [1.29, 1.82) is 5.26 Å². The Kier molecular flexibility index (Phi) is 8.41. The van der Waals surface area contributed by atoms with Crippen molar-refractivity contribution < 1.29 is 0 Å². The smallest absolute Gasteiger partial charge is 0.0995 e. The molecule has 0 amide bonds. The van der Waals surface area contributed by atoms with Crippen LogP contribution in [0, 0.1) is 18.3 Å². The molecule has 1 unspecified atom stereocenters. The fourth-order valence-corrected chi connectivity index (χ4v) is 3.84. The van der Waals surface area contributed by atoms with Crippen molar-refractivity contribution in [3.63, 3.8) is 0 Å². The van der Waals surface area contributed by atoms with Crippen molar-refractivity contribution in [2.45, 2.75) is 77.4 Å². The Labute approximate surface area is 160 Å². The Balaban J connectivity index is 1.91. The molecule has 0 saturated heterocycles. The van der Waals surface area contributed by atoms with Gasteiger partial charge in [-0.1, -0.05) is 25.8 Å². The highest BCUT2D eigenvalue weighted by atomic mass is 15.2. The molecule has 2 N–H and O–H groups in total. The topological polar surface area (TPSA) is 51.1 Å². The van der Waals surface area contributed by atoms with Gasteiger partial charge in [-0.25, -0.2) is 0 Å². The standard InChI is InChI=1S/C22H36N4/c1-5-18(3)24-13-8-14-26(4)22-10-7-6-9-21(22)25-20-12-11-17(2)19(15-20)16-23/h11-12,15,18,21-22,24-25H,5-10,13-14H2,1-4H3/t18?,21-,22-/m0/s1. The van der Waals surface area contributed by atoms with Crippen LogP contribution in [-0.4, -0.2) is 43.2 Å². The first-order valence-corrected chi connectivity index (χ1v) is 10.3. The molecule has 144 valence electrons. The van der Waals surface area contributed by atoms with E-state index in [2.05, 4.69) is 48.6 Å². The SMILES string of the molecule is CCC(C)NCCCN(C)[C@H]1CCCC[C@@H]1Nc1ccc(C)c(C#N)c1. The fourth-order valence-electron chi connectivity index (χ4n) is 3.84. The summed E-state index contributed by atoms with van der Waals surface area (Å²) in [5, 5.41) is 16.6. The first kappa shape index (κ1) is 20.7. The quantitative estimate of drug-likeness (QED) is 0.648. The summed E-state index contributed by atoms with van der Waals surface area (Å²) < 4.78 is 0. The number of nitriles is 1. The van der Waals surface area contributed by atoms with Crippen molar-refractivity contribution in [2.75, 3.05) is 25.5 Å². The number of hydrogen-bond donors (Lipinski definition) is 2. The third kappa shape index (κ3) is 6.00. The van der Waals surface area contributed by atoms with Gasteiger partial charge in [-0.05, 0) is 77.4 Å². The summed E-state index contributed by atoms with van der Waals surface area (Å²) in [6.45, 7) is 8.69. The predicted molar refractivity (Wildman–Crippen MR) is 111 cm³/mol. The van der Waals surface area contributed by atoms with E-state index in [-0.39, 0.29) is 0 Å². The largest absolute Gasteiger partial charge is 0.381 e. The van der Waals surface area contributed by atoms with Crippen LogP contribution in [-0.2, 0) is 0 Å². The van der Waals surface area contributed by atoms with Crippen molar-refractivity contribution in [3.8, 4) is 6.07 Å². The van der Waals surface area contributed by atoms with Crippen molar-refractivity contribution in [1.82, 2.24) is 10.2 Å². The molecule has 26 heavy (non-hydrogen) atoms. The van der Waals surface area contributed by atoms with Gasteiger partial charge in [0.05, 0.1) is 11.6 Å². The number of likely N-dealkylation sites (N-methyl/N-ethyl adjacent to an activating group) is 1. The van der Waals surface area contributed by atoms with Gasteiger partial charge in [-0.2, -0.15) is 5.26 Å². The van der Waals surface area contributed by atoms with Crippen molar-refractivity contribution >= 4 is 5.69 Å². The maximum atomic E-state index is 9.27. The van der Waals surface area contributed by atoms with E-state index in [4.69, 9.17) is 0 Å². The van der Waals surface area contributed by atoms with Gasteiger partial charge in [0, 0.05) is 23.8 Å². The number of benzene rings is 1. The number of aryl methyl sites for hydroxylation is 1. The van der Waals surface area contributed by atoms with Crippen molar-refractivity contribution in [3.05, 3.63) is 29.3 Å². The second-order valence-electron chi connectivity index (χ2n) is 7.84. The fraction of sp³-hybridized carbons (Fsp3) is 0.682. The van der Waals surface area contributed by atoms with Crippen LogP contribution in [0.2, 0.25) is 0 Å². The lowest BCUT2D eigenvalue weighted by Gasteiger charge is -2.39. The minimum Gasteiger partial charge on any atom is -0.381 e. The molecule has 2 rings (SSSR count). The van der Waals surface area contributed by atoms with Crippen LogP contribution in [0.3, 0.4) is 0 Å². The second-order valence-corrected chi connectivity index (χ2v) is 7.84. The molecule has 4 nitrogen and oxygen atoms in total. The van der Waals surface area contributed by atoms with Gasteiger partial charge in [0.15, 0.2) is 0 Å². The maximum absolute atomic E-state index is 9.27. The number of nitrogens with zero attached hydrogens (tertiary/aromatic N) is 2. The molecule has 1 aliphatic rings. The lowest BCUT2D eigenvalue weighted by atomic mass is 9.89. The second kappa shape index (κ2) is 10.5. The number of hydrogen-bond acceptors (Lipinski definition) is 4. The van der Waals surface area contributed by atoms with E-state index in [1.165, 1.54) is 38.5 Å². The van der Waals surface area contributed by atoms with E-state index in [0.29, 0.717) is 18.1 Å². The van der Waals surface area contributed by atoms with Gasteiger partial charge in [0.1, 0.15) is 0 Å². The average molecular weight is 357 g/mol. The summed E-state index contributed by atoms with van der Waals surface area (Å²) in [5.41, 5.74) is 2.90. The van der Waals surface area contributed by atoms with Crippen LogP contribution in [0.4, 0.5) is 5.69 Å². The number of anilines is 1. The Morgan fingerprint density at radius 1 is 1.31 bits per heavy atom. The third-order valence-corrected chi connectivity index (χ3v) is 5.80. The summed E-state index contributed by atoms with van der Waals surface area (Å²) in [6.07, 6.45) is 7.43. The van der Waals surface area contributed by atoms with E-state index < -0.39 is 0 Å². The van der Waals surface area contributed by atoms with Gasteiger partial charge in [-0.3, -0.25) is 0 Å². The first-order valence-electron chi connectivity index (χ1n) is 10.3. The van der Waals surface area contributed by atoms with Gasteiger partial charge in [0.25, 0.3) is 0 Å². The molecule has 0 bridgehead atoms. The molecule has 0 heterocycles. The third-order valence-electron chi connectivity index (χ3n) is 5.80. The molecule has 1 fully saturated rings. The lowest BCUT2D eigenvalue weighted by Crippen LogP contribution is -2.47. The zero-order valence-corrected chi connectivity index (χ0v) is 17.0. The Hall–Kier alpha value is -1.57. The summed E-state index contributed by atoms with van der Waals surface area (Å²) in [6, 6.07) is 10.1. The molecular formula is C22H36N4. The summed E-state index contributed by atoms with van der Waals surface area (Å²) in [7, 11) is 2.27. The highest BCUT2D eigenvalue weighted by Gasteiger charge is 2.28. The van der Waals surface area contributed by atoms with E-state index >= 15 is 0 Å². The van der Waals surface area contributed by atoms with Crippen molar-refractivity contribution in [2.24, 2.45) is 0 Å². The van der Waals surface area contributed by atoms with E-state index in [0.717, 1.165) is 29.9 Å². The van der Waals surface area contributed by atoms with Crippen LogP contribution in [0.25, 0.3) is 0 Å². The molecule has 0 radical (unpaired) electrons. The zero-order chi connectivity index (χ0) is 18.9. The van der Waals surface area contributed by atoms with Crippen LogP contribution in [0.15, 0.2) is 18.2 Å². The summed E-state index contributed by atoms with van der Waals surface area (Å²) >= 11 is 0. The summed E-state index contributed by atoms with van der Waals surface area (Å²) in [4.78, 5) is 2.54. The van der Waals surface area contributed by atoms with E-state index in [1.807, 2.05) is 19.1 Å². The van der Waals surface area contributed by atoms with Crippen LogP contribution in [0.1, 0.15) is 63.5 Å². The zero-order valence-electron chi connectivity index (χ0n) is 17.0. The Morgan fingerprint density at radius 2 is 2.08 bits per heavy atom. The molecule has 4 heteroatoms. The average Bonchev–Trinajstić information content (AvgIpc) is 2.66. The molecule has 1 aromatic rings. The molecule has 1 saturated carbocycles. The lowest BCUT2D eigenvalue weighted by molar-refractivity contribution is 0.175. The van der Waals surface area contributed by atoms with Gasteiger partial charge < -0.3 is 15.5 Å². The number of nitrogens with one attached hydrogen (secondary N) is 2. The van der Waals surface area contributed by atoms with E-state index in [1.54, 1.807) is 0 Å². The first-order chi connectivity index (χ1) is 12.5. The molecule has 0 spiro atoms. The van der Waals surface area contributed by atoms with Gasteiger partial charge in [-0.15, -0.1) is 0 Å². The molecule has 1 aliphatic carbocycles. The van der Waals surface area contributed by atoms with Gasteiger partial charge in [0.2, 0.25) is 0 Å². The molecule has 0 aliphatic heterocycles.